The van der Waals surface area contributed by atoms with Crippen molar-refractivity contribution in [3.8, 4) is 0 Å². The van der Waals surface area contributed by atoms with Crippen molar-refractivity contribution >= 4 is 0 Å². The molecule has 1 atom stereocenters. The number of ether oxygens (including phenoxy) is 1. The molecular formula is C13H21NO. The fourth-order valence-electron chi connectivity index (χ4n) is 1.81. The summed E-state index contributed by atoms with van der Waals surface area (Å²) in [7, 11) is 1.77. The van der Waals surface area contributed by atoms with E-state index in [4.69, 9.17) is 10.5 Å². The summed E-state index contributed by atoms with van der Waals surface area (Å²) in [4.78, 5) is 0. The van der Waals surface area contributed by atoms with Gasteiger partial charge in [-0.05, 0) is 44.4 Å². The van der Waals surface area contributed by atoms with Crippen LogP contribution in [0.25, 0.3) is 0 Å². The summed E-state index contributed by atoms with van der Waals surface area (Å²) >= 11 is 0. The van der Waals surface area contributed by atoms with Gasteiger partial charge in [0.15, 0.2) is 0 Å². The first-order valence-electron chi connectivity index (χ1n) is 5.49. The molecule has 0 saturated carbocycles. The highest BCUT2D eigenvalue weighted by Gasteiger charge is 2.12. The van der Waals surface area contributed by atoms with Gasteiger partial charge in [-0.1, -0.05) is 23.8 Å². The second kappa shape index (κ2) is 5.89. The number of hydrogen-bond donors (Lipinski definition) is 1. The Hall–Kier alpha value is -0.860. The topological polar surface area (TPSA) is 35.2 Å². The summed E-state index contributed by atoms with van der Waals surface area (Å²) in [6.07, 6.45) is 2.19. The van der Waals surface area contributed by atoms with Gasteiger partial charge in [-0.3, -0.25) is 0 Å². The van der Waals surface area contributed by atoms with Crippen molar-refractivity contribution in [1.29, 1.82) is 0 Å². The fourth-order valence-corrected chi connectivity index (χ4v) is 1.81. The molecule has 2 nitrogen and oxygen atoms in total. The Morgan fingerprint density at radius 1 is 1.33 bits per heavy atom. The largest absolute Gasteiger partial charge is 0.377 e. The maximum Gasteiger partial charge on any atom is 0.0824 e. The van der Waals surface area contributed by atoms with Gasteiger partial charge in [0.1, 0.15) is 0 Å². The molecule has 0 amide bonds. The molecule has 84 valence electrons. The highest BCUT2D eigenvalue weighted by atomic mass is 16.5. The van der Waals surface area contributed by atoms with Crippen molar-refractivity contribution in [2.75, 3.05) is 13.7 Å². The molecule has 0 bridgehead atoms. The van der Waals surface area contributed by atoms with Gasteiger partial charge in [0.2, 0.25) is 0 Å². The maximum absolute atomic E-state index is 5.52. The molecule has 1 unspecified atom stereocenters. The van der Waals surface area contributed by atoms with Crippen LogP contribution in [0.3, 0.4) is 0 Å². The van der Waals surface area contributed by atoms with E-state index in [-0.39, 0.29) is 6.10 Å². The second-order valence-corrected chi connectivity index (χ2v) is 4.02. The van der Waals surface area contributed by atoms with Crippen LogP contribution >= 0.6 is 0 Å². The summed E-state index contributed by atoms with van der Waals surface area (Å²) in [5.41, 5.74) is 9.40. The molecule has 1 aromatic rings. The first-order chi connectivity index (χ1) is 7.19. The molecule has 2 N–H and O–H groups in total. The first-order valence-corrected chi connectivity index (χ1v) is 5.49. The Bertz CT molecular complexity index is 309. The minimum absolute atomic E-state index is 0.188. The predicted octanol–water partition coefficient (Wildman–Crippen LogP) is 2.73. The third kappa shape index (κ3) is 3.33. The monoisotopic (exact) mass is 207 g/mol. The molecule has 15 heavy (non-hydrogen) atoms. The molecule has 0 aromatic heterocycles. The number of benzene rings is 1. The average molecular weight is 207 g/mol. The SMILES string of the molecule is COC(CCCN)c1cc(C)ccc1C. The third-order valence-corrected chi connectivity index (χ3v) is 2.74. The van der Waals surface area contributed by atoms with Crippen LogP contribution in [-0.2, 0) is 4.74 Å². The summed E-state index contributed by atoms with van der Waals surface area (Å²) < 4.78 is 5.52. The van der Waals surface area contributed by atoms with Gasteiger partial charge in [-0.15, -0.1) is 0 Å². The van der Waals surface area contributed by atoms with Crippen LogP contribution in [0.4, 0.5) is 0 Å². The van der Waals surface area contributed by atoms with Crippen LogP contribution < -0.4 is 5.73 Å². The molecule has 0 saturated heterocycles. The van der Waals surface area contributed by atoms with E-state index in [2.05, 4.69) is 32.0 Å². The molecule has 2 heteroatoms. The lowest BCUT2D eigenvalue weighted by atomic mass is 9.98. The zero-order chi connectivity index (χ0) is 11.3. The standard InChI is InChI=1S/C13H21NO/c1-10-6-7-11(2)12(9-10)13(15-3)5-4-8-14/h6-7,9,13H,4-5,8,14H2,1-3H3. The lowest BCUT2D eigenvalue weighted by Crippen LogP contribution is -2.07. The minimum atomic E-state index is 0.188. The van der Waals surface area contributed by atoms with Crippen molar-refractivity contribution < 1.29 is 4.74 Å². The Kier molecular flexibility index (Phi) is 4.79. The van der Waals surface area contributed by atoms with Crippen LogP contribution in [0.5, 0.6) is 0 Å². The van der Waals surface area contributed by atoms with Gasteiger partial charge in [0.05, 0.1) is 6.10 Å². The maximum atomic E-state index is 5.52. The minimum Gasteiger partial charge on any atom is -0.377 e. The molecule has 1 rings (SSSR count). The molecule has 1 aromatic carbocycles. The third-order valence-electron chi connectivity index (χ3n) is 2.74. The zero-order valence-electron chi connectivity index (χ0n) is 9.92. The molecule has 0 fully saturated rings. The van der Waals surface area contributed by atoms with E-state index in [1.54, 1.807) is 7.11 Å². The summed E-state index contributed by atoms with van der Waals surface area (Å²) in [5.74, 6) is 0. The molecule has 0 radical (unpaired) electrons. The van der Waals surface area contributed by atoms with Gasteiger partial charge in [0.25, 0.3) is 0 Å². The van der Waals surface area contributed by atoms with Gasteiger partial charge in [-0.2, -0.15) is 0 Å². The fraction of sp³-hybridized carbons (Fsp3) is 0.538. The van der Waals surface area contributed by atoms with E-state index in [1.807, 2.05) is 0 Å². The van der Waals surface area contributed by atoms with Crippen molar-refractivity contribution in [2.24, 2.45) is 5.73 Å². The van der Waals surface area contributed by atoms with E-state index in [0.29, 0.717) is 0 Å². The van der Waals surface area contributed by atoms with Crippen LogP contribution in [0, 0.1) is 13.8 Å². The van der Waals surface area contributed by atoms with E-state index >= 15 is 0 Å². The van der Waals surface area contributed by atoms with E-state index in [0.717, 1.165) is 19.4 Å². The predicted molar refractivity (Wildman–Crippen MR) is 64.0 cm³/mol. The molecule has 0 aliphatic heterocycles. The van der Waals surface area contributed by atoms with Crippen molar-refractivity contribution in [2.45, 2.75) is 32.8 Å². The van der Waals surface area contributed by atoms with E-state index in [9.17, 15) is 0 Å². The lowest BCUT2D eigenvalue weighted by Gasteiger charge is -2.18. The number of rotatable bonds is 5. The smallest absolute Gasteiger partial charge is 0.0824 e. The highest BCUT2D eigenvalue weighted by molar-refractivity contribution is 5.32. The molecule has 0 spiro atoms. The quantitative estimate of drug-likeness (QED) is 0.805. The van der Waals surface area contributed by atoms with Crippen molar-refractivity contribution in [3.05, 3.63) is 34.9 Å². The van der Waals surface area contributed by atoms with Crippen molar-refractivity contribution in [1.82, 2.24) is 0 Å². The molecule has 0 heterocycles. The molecular weight excluding hydrogens is 186 g/mol. The Morgan fingerprint density at radius 2 is 2.07 bits per heavy atom. The van der Waals surface area contributed by atoms with Crippen LogP contribution in [0.2, 0.25) is 0 Å². The Labute approximate surface area is 92.4 Å². The van der Waals surface area contributed by atoms with E-state index < -0.39 is 0 Å². The average Bonchev–Trinajstić information content (AvgIpc) is 2.24. The van der Waals surface area contributed by atoms with Crippen molar-refractivity contribution in [3.63, 3.8) is 0 Å². The Balaban J connectivity index is 2.85. The second-order valence-electron chi connectivity index (χ2n) is 4.02. The van der Waals surface area contributed by atoms with Gasteiger partial charge in [-0.25, -0.2) is 0 Å². The highest BCUT2D eigenvalue weighted by Crippen LogP contribution is 2.25. The number of methoxy groups -OCH3 is 1. The van der Waals surface area contributed by atoms with Gasteiger partial charge in [0, 0.05) is 7.11 Å². The van der Waals surface area contributed by atoms with Gasteiger partial charge < -0.3 is 10.5 Å². The Morgan fingerprint density at radius 3 is 2.67 bits per heavy atom. The summed E-state index contributed by atoms with van der Waals surface area (Å²) in [6.45, 7) is 4.96. The number of aryl methyl sites for hydroxylation is 2. The zero-order valence-corrected chi connectivity index (χ0v) is 9.92. The molecule has 0 aliphatic rings. The van der Waals surface area contributed by atoms with Crippen LogP contribution in [0.15, 0.2) is 18.2 Å². The summed E-state index contributed by atoms with van der Waals surface area (Å²) in [5, 5.41) is 0. The van der Waals surface area contributed by atoms with E-state index in [1.165, 1.54) is 16.7 Å². The van der Waals surface area contributed by atoms with Gasteiger partial charge >= 0.3 is 0 Å². The lowest BCUT2D eigenvalue weighted by molar-refractivity contribution is 0.0938. The summed E-state index contributed by atoms with van der Waals surface area (Å²) in [6, 6.07) is 6.49. The van der Waals surface area contributed by atoms with Crippen LogP contribution in [-0.4, -0.2) is 13.7 Å². The normalized spacial score (nSPS) is 12.8. The van der Waals surface area contributed by atoms with Crippen LogP contribution in [0.1, 0.15) is 35.6 Å². The number of hydrogen-bond acceptors (Lipinski definition) is 2. The molecule has 0 aliphatic carbocycles. The first kappa shape index (κ1) is 12.2. The number of nitrogens with two attached hydrogens (primary N) is 1.